The van der Waals surface area contributed by atoms with Crippen LogP contribution in [0, 0.1) is 5.92 Å². The molecule has 0 bridgehead atoms. The Labute approximate surface area is 127 Å². The molecule has 1 aliphatic rings. The minimum Gasteiger partial charge on any atom is -0.444 e. The van der Waals surface area contributed by atoms with Gasteiger partial charge in [0.1, 0.15) is 5.60 Å². The predicted molar refractivity (Wildman–Crippen MR) is 82.9 cm³/mol. The molecule has 2 amide bonds. The van der Waals surface area contributed by atoms with Crippen LogP contribution >= 0.6 is 0 Å². The van der Waals surface area contributed by atoms with E-state index >= 15 is 0 Å². The monoisotopic (exact) mass is 296 g/mol. The topological polar surface area (TPSA) is 67.4 Å². The first-order valence-electron chi connectivity index (χ1n) is 7.67. The molecule has 1 fully saturated rings. The van der Waals surface area contributed by atoms with Crippen LogP contribution in [0.5, 0.6) is 0 Å². The van der Waals surface area contributed by atoms with Gasteiger partial charge in [0, 0.05) is 18.2 Å². The number of amides is 2. The molecule has 0 aromatic heterocycles. The van der Waals surface area contributed by atoms with Gasteiger partial charge in [-0.25, -0.2) is 4.79 Å². The maximum absolute atomic E-state index is 12.0. The van der Waals surface area contributed by atoms with Crippen molar-refractivity contribution in [3.05, 3.63) is 11.6 Å². The van der Waals surface area contributed by atoms with E-state index in [1.807, 2.05) is 40.7 Å². The smallest absolute Gasteiger partial charge is 0.407 e. The zero-order valence-electron chi connectivity index (χ0n) is 13.8. The van der Waals surface area contributed by atoms with Crippen molar-refractivity contribution in [3.63, 3.8) is 0 Å². The third kappa shape index (κ3) is 7.16. The van der Waals surface area contributed by atoms with E-state index in [0.29, 0.717) is 12.5 Å². The van der Waals surface area contributed by atoms with Crippen LogP contribution in [0.3, 0.4) is 0 Å². The van der Waals surface area contributed by atoms with E-state index in [9.17, 15) is 9.59 Å². The van der Waals surface area contributed by atoms with Crippen LogP contribution in [0.2, 0.25) is 0 Å². The van der Waals surface area contributed by atoms with Gasteiger partial charge in [-0.15, -0.1) is 0 Å². The van der Waals surface area contributed by atoms with Crippen LogP contribution in [0.25, 0.3) is 0 Å². The summed E-state index contributed by atoms with van der Waals surface area (Å²) in [5.74, 6) is 0.401. The highest BCUT2D eigenvalue weighted by Crippen LogP contribution is 2.32. The summed E-state index contributed by atoms with van der Waals surface area (Å²) < 4.78 is 5.21. The number of alkyl carbamates (subject to hydrolysis) is 1. The van der Waals surface area contributed by atoms with Crippen molar-refractivity contribution < 1.29 is 14.3 Å². The lowest BCUT2D eigenvalue weighted by Crippen LogP contribution is -2.46. The Morgan fingerprint density at radius 3 is 2.43 bits per heavy atom. The number of carbonyl (C=O) groups excluding carboxylic acids is 2. The molecule has 0 aromatic rings. The van der Waals surface area contributed by atoms with Crippen molar-refractivity contribution in [2.24, 2.45) is 5.92 Å². The minimum absolute atomic E-state index is 0.0229. The molecule has 1 atom stereocenters. The number of allylic oxidation sites excluding steroid dienone is 1. The summed E-state index contributed by atoms with van der Waals surface area (Å²) in [6, 6.07) is -0.0229. The summed E-state index contributed by atoms with van der Waals surface area (Å²) in [6.45, 7) is 9.69. The first-order chi connectivity index (χ1) is 9.73. The SMILES string of the molecule is CCC=C(C)C(=O)N[C@@H](CNC(=O)OC(C)(C)C)C1CC1. The van der Waals surface area contributed by atoms with Gasteiger partial charge >= 0.3 is 6.09 Å². The molecule has 1 aliphatic carbocycles. The lowest BCUT2D eigenvalue weighted by atomic mass is 10.1. The Bertz CT molecular complexity index is 406. The van der Waals surface area contributed by atoms with E-state index in [1.54, 1.807) is 0 Å². The molecular weight excluding hydrogens is 268 g/mol. The Morgan fingerprint density at radius 2 is 1.95 bits per heavy atom. The first kappa shape index (κ1) is 17.5. The van der Waals surface area contributed by atoms with Gasteiger partial charge in [-0.2, -0.15) is 0 Å². The number of ether oxygens (including phenoxy) is 1. The molecule has 2 N–H and O–H groups in total. The Kier molecular flexibility index (Phi) is 6.24. The van der Waals surface area contributed by atoms with Gasteiger partial charge in [-0.1, -0.05) is 13.0 Å². The van der Waals surface area contributed by atoms with Crippen LogP contribution < -0.4 is 10.6 Å². The van der Waals surface area contributed by atoms with Gasteiger partial charge < -0.3 is 15.4 Å². The normalized spacial score (nSPS) is 17.1. The van der Waals surface area contributed by atoms with E-state index in [1.165, 1.54) is 0 Å². The molecule has 21 heavy (non-hydrogen) atoms. The lowest BCUT2D eigenvalue weighted by Gasteiger charge is -2.22. The van der Waals surface area contributed by atoms with Gasteiger partial charge in [0.25, 0.3) is 0 Å². The van der Waals surface area contributed by atoms with Crippen molar-refractivity contribution in [1.82, 2.24) is 10.6 Å². The predicted octanol–water partition coefficient (Wildman–Crippen LogP) is 2.76. The molecule has 1 rings (SSSR count). The quantitative estimate of drug-likeness (QED) is 0.741. The summed E-state index contributed by atoms with van der Waals surface area (Å²) in [4.78, 5) is 23.7. The summed E-state index contributed by atoms with van der Waals surface area (Å²) in [5.41, 5.74) is 0.212. The molecule has 5 heteroatoms. The molecule has 0 aliphatic heterocycles. The number of nitrogens with one attached hydrogen (secondary N) is 2. The van der Waals surface area contributed by atoms with Gasteiger partial charge in [0.05, 0.1) is 0 Å². The van der Waals surface area contributed by atoms with Crippen molar-refractivity contribution in [2.75, 3.05) is 6.54 Å². The fourth-order valence-electron chi connectivity index (χ4n) is 2.02. The fourth-order valence-corrected chi connectivity index (χ4v) is 2.02. The van der Waals surface area contributed by atoms with Gasteiger partial charge in [0.15, 0.2) is 0 Å². The van der Waals surface area contributed by atoms with Crippen molar-refractivity contribution in [3.8, 4) is 0 Å². The zero-order chi connectivity index (χ0) is 16.0. The summed E-state index contributed by atoms with van der Waals surface area (Å²) in [5, 5.41) is 5.75. The average Bonchev–Trinajstić information content (AvgIpc) is 3.16. The van der Waals surface area contributed by atoms with Crippen LogP contribution in [0.4, 0.5) is 4.79 Å². The number of carbonyl (C=O) groups is 2. The van der Waals surface area contributed by atoms with E-state index < -0.39 is 11.7 Å². The average molecular weight is 296 g/mol. The largest absolute Gasteiger partial charge is 0.444 e. The molecule has 0 heterocycles. The Morgan fingerprint density at radius 1 is 1.33 bits per heavy atom. The molecule has 0 aromatic carbocycles. The second kappa shape index (κ2) is 7.48. The van der Waals surface area contributed by atoms with Gasteiger partial charge in [-0.3, -0.25) is 4.79 Å². The fraction of sp³-hybridized carbons (Fsp3) is 0.750. The minimum atomic E-state index is -0.511. The molecule has 0 spiro atoms. The third-order valence-electron chi connectivity index (χ3n) is 3.24. The van der Waals surface area contributed by atoms with E-state index in [4.69, 9.17) is 4.74 Å². The summed E-state index contributed by atoms with van der Waals surface area (Å²) >= 11 is 0. The van der Waals surface area contributed by atoms with E-state index in [-0.39, 0.29) is 11.9 Å². The molecule has 120 valence electrons. The van der Waals surface area contributed by atoms with Crippen molar-refractivity contribution >= 4 is 12.0 Å². The highest BCUT2D eigenvalue weighted by molar-refractivity contribution is 5.93. The van der Waals surface area contributed by atoms with Gasteiger partial charge in [-0.05, 0) is 52.9 Å². The maximum Gasteiger partial charge on any atom is 0.407 e. The second-order valence-electron chi connectivity index (χ2n) is 6.60. The van der Waals surface area contributed by atoms with Crippen LogP contribution in [0.1, 0.15) is 53.9 Å². The molecule has 1 saturated carbocycles. The maximum atomic E-state index is 12.0. The van der Waals surface area contributed by atoms with E-state index in [0.717, 1.165) is 24.8 Å². The molecule has 0 saturated heterocycles. The number of rotatable bonds is 6. The Hall–Kier alpha value is -1.52. The zero-order valence-corrected chi connectivity index (χ0v) is 13.8. The van der Waals surface area contributed by atoms with Crippen molar-refractivity contribution in [1.29, 1.82) is 0 Å². The number of hydrogen-bond donors (Lipinski definition) is 2. The third-order valence-corrected chi connectivity index (χ3v) is 3.24. The second-order valence-corrected chi connectivity index (χ2v) is 6.60. The van der Waals surface area contributed by atoms with Crippen LogP contribution in [-0.4, -0.2) is 30.2 Å². The molecule has 0 radical (unpaired) electrons. The van der Waals surface area contributed by atoms with Crippen molar-refractivity contribution in [2.45, 2.75) is 65.5 Å². The van der Waals surface area contributed by atoms with Gasteiger partial charge in [0.2, 0.25) is 5.91 Å². The highest BCUT2D eigenvalue weighted by atomic mass is 16.6. The Balaban J connectivity index is 2.46. The molecular formula is C16H28N2O3. The standard InChI is InChI=1S/C16H28N2O3/c1-6-7-11(2)14(19)18-13(12-8-9-12)10-17-15(20)21-16(3,4)5/h7,12-13H,6,8-10H2,1-5H3,(H,17,20)(H,18,19)/t13-/m0/s1. The summed E-state index contributed by atoms with van der Waals surface area (Å²) in [6.07, 6.45) is 4.49. The molecule has 0 unspecified atom stereocenters. The molecule has 5 nitrogen and oxygen atoms in total. The van der Waals surface area contributed by atoms with Crippen LogP contribution in [0.15, 0.2) is 11.6 Å². The highest BCUT2D eigenvalue weighted by Gasteiger charge is 2.33. The van der Waals surface area contributed by atoms with E-state index in [2.05, 4.69) is 10.6 Å². The lowest BCUT2D eigenvalue weighted by molar-refractivity contribution is -0.118. The first-order valence-corrected chi connectivity index (χ1v) is 7.67. The summed E-state index contributed by atoms with van der Waals surface area (Å²) in [7, 11) is 0. The van der Waals surface area contributed by atoms with Crippen LogP contribution in [-0.2, 0) is 9.53 Å². The number of hydrogen-bond acceptors (Lipinski definition) is 3.